The number of Topliss-reactive ketones (excluding diaryl/α,β-unsaturated/α-hetero) is 1. The topological polar surface area (TPSA) is 52.0 Å². The minimum absolute atomic E-state index is 0.0583. The fourth-order valence-electron chi connectivity index (χ4n) is 2.64. The van der Waals surface area contributed by atoms with Crippen LogP contribution in [-0.4, -0.2) is 21.1 Å². The number of aryl methyl sites for hydroxylation is 1. The highest BCUT2D eigenvalue weighted by molar-refractivity contribution is 7.99. The van der Waals surface area contributed by atoms with Crippen molar-refractivity contribution in [3.63, 3.8) is 0 Å². The van der Waals surface area contributed by atoms with Gasteiger partial charge in [-0.1, -0.05) is 47.7 Å². The highest BCUT2D eigenvalue weighted by atomic mass is 32.2. The molecule has 2 aromatic heterocycles. The molecule has 3 rings (SSSR count). The second kappa shape index (κ2) is 8.01. The maximum Gasteiger partial charge on any atom is 0.263 e. The predicted molar refractivity (Wildman–Crippen MR) is 110 cm³/mol. The number of hydrogen-bond acceptors (Lipinski definition) is 5. The Kier molecular flexibility index (Phi) is 5.74. The Labute approximate surface area is 160 Å². The third kappa shape index (κ3) is 3.81. The number of ketones is 1. The fourth-order valence-corrected chi connectivity index (χ4v) is 4.67. The van der Waals surface area contributed by atoms with E-state index < -0.39 is 0 Å². The maximum atomic E-state index is 13.2. The van der Waals surface area contributed by atoms with Gasteiger partial charge in [0.15, 0.2) is 5.16 Å². The standard InChI is InChI=1S/C20H20N2O2S2/c1-4-10-22-19(24)17-16(15-7-5-13(2)6-8-15)12-26-18(17)21-20(22)25-11-9-14(3)23/h4-8,12H,1,9-11H2,2-3H3. The molecule has 0 amide bonds. The lowest BCUT2D eigenvalue weighted by Gasteiger charge is -2.10. The Morgan fingerprint density at radius 3 is 2.73 bits per heavy atom. The molecule has 0 atom stereocenters. The molecule has 0 saturated carbocycles. The van der Waals surface area contributed by atoms with Crippen LogP contribution < -0.4 is 5.56 Å². The minimum atomic E-state index is -0.0583. The molecule has 134 valence electrons. The van der Waals surface area contributed by atoms with Crippen LogP contribution in [0.25, 0.3) is 21.3 Å². The van der Waals surface area contributed by atoms with Crippen LogP contribution >= 0.6 is 23.1 Å². The predicted octanol–water partition coefficient (Wildman–Crippen LogP) is 4.69. The van der Waals surface area contributed by atoms with Crippen LogP contribution in [-0.2, 0) is 11.3 Å². The van der Waals surface area contributed by atoms with Crippen LogP contribution in [0.15, 0.2) is 52.3 Å². The molecule has 2 heterocycles. The van der Waals surface area contributed by atoms with Crippen molar-refractivity contribution in [2.75, 3.05) is 5.75 Å². The summed E-state index contributed by atoms with van der Waals surface area (Å²) in [6, 6.07) is 8.15. The number of thiophene rings is 1. The smallest absolute Gasteiger partial charge is 0.263 e. The monoisotopic (exact) mass is 384 g/mol. The molecule has 26 heavy (non-hydrogen) atoms. The van der Waals surface area contributed by atoms with E-state index in [1.807, 2.05) is 36.6 Å². The quantitative estimate of drug-likeness (QED) is 0.337. The Morgan fingerprint density at radius 2 is 2.08 bits per heavy atom. The fraction of sp³-hybridized carbons (Fsp3) is 0.250. The lowest BCUT2D eigenvalue weighted by Crippen LogP contribution is -2.22. The number of hydrogen-bond donors (Lipinski definition) is 0. The number of allylic oxidation sites excluding steroid dienone is 1. The maximum absolute atomic E-state index is 13.2. The van der Waals surface area contributed by atoms with E-state index in [-0.39, 0.29) is 11.3 Å². The van der Waals surface area contributed by atoms with Crippen molar-refractivity contribution in [2.45, 2.75) is 32.0 Å². The Balaban J connectivity index is 2.11. The summed E-state index contributed by atoms with van der Waals surface area (Å²) in [4.78, 5) is 29.8. The summed E-state index contributed by atoms with van der Waals surface area (Å²) < 4.78 is 1.64. The van der Waals surface area contributed by atoms with Crippen molar-refractivity contribution in [3.05, 3.63) is 58.2 Å². The molecule has 0 aliphatic rings. The van der Waals surface area contributed by atoms with Crippen LogP contribution in [0.3, 0.4) is 0 Å². The Morgan fingerprint density at radius 1 is 1.35 bits per heavy atom. The SMILES string of the molecule is C=CCn1c(SCCC(C)=O)nc2scc(-c3ccc(C)cc3)c2c1=O. The number of thioether (sulfide) groups is 1. The molecule has 0 radical (unpaired) electrons. The van der Waals surface area contributed by atoms with Crippen molar-refractivity contribution < 1.29 is 4.79 Å². The van der Waals surface area contributed by atoms with E-state index in [4.69, 9.17) is 4.98 Å². The van der Waals surface area contributed by atoms with E-state index in [9.17, 15) is 9.59 Å². The summed E-state index contributed by atoms with van der Waals surface area (Å²) in [7, 11) is 0. The normalized spacial score (nSPS) is 11.0. The second-order valence-electron chi connectivity index (χ2n) is 6.09. The molecule has 0 unspecified atom stereocenters. The minimum Gasteiger partial charge on any atom is -0.300 e. The molecule has 6 heteroatoms. The van der Waals surface area contributed by atoms with Crippen molar-refractivity contribution in [3.8, 4) is 11.1 Å². The summed E-state index contributed by atoms with van der Waals surface area (Å²) in [6.45, 7) is 7.76. The zero-order chi connectivity index (χ0) is 18.7. The van der Waals surface area contributed by atoms with E-state index in [2.05, 4.69) is 6.58 Å². The molecular formula is C20H20N2O2S2. The third-order valence-corrected chi connectivity index (χ3v) is 5.87. The molecule has 1 aromatic carbocycles. The van der Waals surface area contributed by atoms with Gasteiger partial charge in [0.05, 0.1) is 5.39 Å². The van der Waals surface area contributed by atoms with Gasteiger partial charge in [0.1, 0.15) is 10.6 Å². The van der Waals surface area contributed by atoms with Gasteiger partial charge >= 0.3 is 0 Å². The molecule has 0 aliphatic heterocycles. The Hall–Kier alpha value is -2.18. The van der Waals surface area contributed by atoms with Crippen LogP contribution in [0.4, 0.5) is 0 Å². The average Bonchev–Trinajstić information content (AvgIpc) is 3.02. The van der Waals surface area contributed by atoms with Crippen LogP contribution in [0.1, 0.15) is 18.9 Å². The van der Waals surface area contributed by atoms with Crippen molar-refractivity contribution >= 4 is 39.1 Å². The molecule has 4 nitrogen and oxygen atoms in total. The van der Waals surface area contributed by atoms with Gasteiger partial charge < -0.3 is 0 Å². The Bertz CT molecular complexity index is 1020. The molecule has 0 fully saturated rings. The number of benzene rings is 1. The average molecular weight is 385 g/mol. The molecule has 0 N–H and O–H groups in total. The molecule has 0 aliphatic carbocycles. The summed E-state index contributed by atoms with van der Waals surface area (Å²) >= 11 is 2.92. The molecule has 0 saturated heterocycles. The largest absolute Gasteiger partial charge is 0.300 e. The summed E-state index contributed by atoms with van der Waals surface area (Å²) in [6.07, 6.45) is 2.16. The van der Waals surface area contributed by atoms with Crippen molar-refractivity contribution in [1.82, 2.24) is 9.55 Å². The highest BCUT2D eigenvalue weighted by Crippen LogP contribution is 2.32. The molecular weight excluding hydrogens is 364 g/mol. The van der Waals surface area contributed by atoms with Crippen LogP contribution in [0.5, 0.6) is 0 Å². The molecule has 0 spiro atoms. The van der Waals surface area contributed by atoms with Gasteiger partial charge in [0, 0.05) is 29.7 Å². The number of aromatic nitrogens is 2. The highest BCUT2D eigenvalue weighted by Gasteiger charge is 2.17. The van der Waals surface area contributed by atoms with Gasteiger partial charge in [-0.3, -0.25) is 14.2 Å². The number of nitrogens with zero attached hydrogens (tertiary/aromatic N) is 2. The lowest BCUT2D eigenvalue weighted by atomic mass is 10.1. The molecule has 3 aromatic rings. The zero-order valence-corrected chi connectivity index (χ0v) is 16.5. The molecule has 0 bridgehead atoms. The zero-order valence-electron chi connectivity index (χ0n) is 14.8. The van der Waals surface area contributed by atoms with Gasteiger partial charge in [-0.25, -0.2) is 4.98 Å². The first kappa shape index (κ1) is 18.6. The van der Waals surface area contributed by atoms with Crippen molar-refractivity contribution in [2.24, 2.45) is 0 Å². The first-order valence-corrected chi connectivity index (χ1v) is 10.2. The van der Waals surface area contributed by atoms with Crippen LogP contribution in [0, 0.1) is 6.92 Å². The number of carbonyl (C=O) groups is 1. The number of carbonyl (C=O) groups excluding carboxylic acids is 1. The number of rotatable bonds is 7. The van der Waals surface area contributed by atoms with Crippen LogP contribution in [0.2, 0.25) is 0 Å². The van der Waals surface area contributed by atoms with E-state index >= 15 is 0 Å². The first-order valence-electron chi connectivity index (χ1n) is 8.33. The van der Waals surface area contributed by atoms with E-state index in [1.54, 1.807) is 17.6 Å². The van der Waals surface area contributed by atoms with Gasteiger partial charge in [-0.15, -0.1) is 17.9 Å². The van der Waals surface area contributed by atoms with E-state index in [0.717, 1.165) is 16.0 Å². The third-order valence-electron chi connectivity index (χ3n) is 4.02. The van der Waals surface area contributed by atoms with Crippen molar-refractivity contribution in [1.29, 1.82) is 0 Å². The summed E-state index contributed by atoms with van der Waals surface area (Å²) in [5.74, 6) is 0.745. The van der Waals surface area contributed by atoms with E-state index in [0.29, 0.717) is 29.3 Å². The van der Waals surface area contributed by atoms with Gasteiger partial charge in [0.2, 0.25) is 0 Å². The second-order valence-corrected chi connectivity index (χ2v) is 8.02. The van der Waals surface area contributed by atoms with Gasteiger partial charge in [0.25, 0.3) is 5.56 Å². The number of fused-ring (bicyclic) bond motifs is 1. The van der Waals surface area contributed by atoms with Gasteiger partial charge in [-0.05, 0) is 19.4 Å². The lowest BCUT2D eigenvalue weighted by molar-refractivity contribution is -0.116. The summed E-state index contributed by atoms with van der Waals surface area (Å²) in [5, 5.41) is 3.28. The first-order chi connectivity index (χ1) is 12.5. The summed E-state index contributed by atoms with van der Waals surface area (Å²) in [5.41, 5.74) is 3.06. The van der Waals surface area contributed by atoms with Gasteiger partial charge in [-0.2, -0.15) is 0 Å². The van der Waals surface area contributed by atoms with E-state index in [1.165, 1.54) is 28.7 Å².